The fraction of sp³-hybridized carbons (Fsp3) is 0.100. The van der Waals surface area contributed by atoms with E-state index in [9.17, 15) is 9.18 Å². The predicted molar refractivity (Wildman–Crippen MR) is 115 cm³/mol. The average molecular weight is 445 g/mol. The highest BCUT2D eigenvalue weighted by Gasteiger charge is 2.17. The maximum atomic E-state index is 13.3. The number of halogens is 2. The molecule has 0 aliphatic heterocycles. The number of fused-ring (bicyclic) bond motifs is 1. The molecule has 2 aromatic heterocycles. The van der Waals surface area contributed by atoms with Gasteiger partial charge < -0.3 is 0 Å². The first-order valence-electron chi connectivity index (χ1n) is 8.56. The second-order valence-electron chi connectivity index (χ2n) is 6.21. The van der Waals surface area contributed by atoms with Crippen molar-refractivity contribution in [3.8, 4) is 0 Å². The molecule has 9 heteroatoms. The van der Waals surface area contributed by atoms with Crippen LogP contribution in [0.3, 0.4) is 0 Å². The minimum atomic E-state index is -0.491. The summed E-state index contributed by atoms with van der Waals surface area (Å²) in [4.78, 5) is 25.4. The molecule has 0 bridgehead atoms. The second kappa shape index (κ2) is 8.44. The third-order valence-corrected chi connectivity index (χ3v) is 6.10. The monoisotopic (exact) mass is 444 g/mol. The smallest absolute Gasteiger partial charge is 0.277 e. The van der Waals surface area contributed by atoms with Crippen LogP contribution < -0.4 is 5.32 Å². The van der Waals surface area contributed by atoms with E-state index < -0.39 is 5.91 Å². The molecule has 0 saturated carbocycles. The van der Waals surface area contributed by atoms with E-state index in [2.05, 4.69) is 26.3 Å². The SMILES string of the molecule is Cc1cccc(CSc2ncc(Cl)c(C(=O)Nc3nc4ccc(F)cc4s3)n2)c1. The first-order valence-corrected chi connectivity index (χ1v) is 10.7. The molecule has 0 aliphatic carbocycles. The van der Waals surface area contributed by atoms with E-state index >= 15 is 0 Å². The normalized spacial score (nSPS) is 11.0. The third-order valence-electron chi connectivity index (χ3n) is 3.96. The lowest BCUT2D eigenvalue weighted by Gasteiger charge is -2.06. The largest absolute Gasteiger partial charge is 0.296 e. The number of anilines is 1. The van der Waals surface area contributed by atoms with Crippen LogP contribution in [0.15, 0.2) is 53.8 Å². The van der Waals surface area contributed by atoms with Gasteiger partial charge in [-0.1, -0.05) is 64.5 Å². The highest BCUT2D eigenvalue weighted by Crippen LogP contribution is 2.28. The number of thiazole rings is 1. The van der Waals surface area contributed by atoms with E-state index in [1.165, 1.54) is 47.0 Å². The zero-order valence-corrected chi connectivity index (χ0v) is 17.5. The Bertz CT molecular complexity index is 1210. The van der Waals surface area contributed by atoms with Crippen LogP contribution in [0.1, 0.15) is 21.6 Å². The molecule has 146 valence electrons. The molecule has 1 amide bonds. The number of benzene rings is 2. The zero-order chi connectivity index (χ0) is 20.4. The van der Waals surface area contributed by atoms with Gasteiger partial charge in [-0.25, -0.2) is 19.3 Å². The molecular weight excluding hydrogens is 431 g/mol. The summed E-state index contributed by atoms with van der Waals surface area (Å²) < 4.78 is 14.0. The molecule has 0 saturated heterocycles. The molecule has 2 aromatic carbocycles. The van der Waals surface area contributed by atoms with Gasteiger partial charge in [-0.05, 0) is 30.7 Å². The van der Waals surface area contributed by atoms with Gasteiger partial charge in [-0.3, -0.25) is 10.1 Å². The molecular formula is C20H14ClFN4OS2. The van der Waals surface area contributed by atoms with Gasteiger partial charge >= 0.3 is 0 Å². The summed E-state index contributed by atoms with van der Waals surface area (Å²) in [5.74, 6) is -0.171. The first kappa shape index (κ1) is 19.8. The van der Waals surface area contributed by atoms with Crippen molar-refractivity contribution < 1.29 is 9.18 Å². The molecule has 29 heavy (non-hydrogen) atoms. The summed E-state index contributed by atoms with van der Waals surface area (Å²) in [6.45, 7) is 2.03. The van der Waals surface area contributed by atoms with Crippen LogP contribution >= 0.6 is 34.7 Å². The Morgan fingerprint density at radius 2 is 2.10 bits per heavy atom. The standard InChI is InChI=1S/C20H14ClFN4OS2/c1-11-3-2-4-12(7-11)10-28-19-23-9-14(21)17(25-19)18(27)26-20-24-15-6-5-13(22)8-16(15)29-20/h2-9H,10H2,1H3,(H,24,26,27). The Labute approximate surface area is 179 Å². The molecule has 5 nitrogen and oxygen atoms in total. The Morgan fingerprint density at radius 1 is 1.24 bits per heavy atom. The van der Waals surface area contributed by atoms with Gasteiger partial charge in [-0.15, -0.1) is 0 Å². The van der Waals surface area contributed by atoms with Crippen molar-refractivity contribution in [1.29, 1.82) is 0 Å². The Morgan fingerprint density at radius 3 is 2.93 bits per heavy atom. The van der Waals surface area contributed by atoms with Crippen molar-refractivity contribution in [2.75, 3.05) is 5.32 Å². The summed E-state index contributed by atoms with van der Waals surface area (Å²) in [5, 5.41) is 3.62. The topological polar surface area (TPSA) is 67.8 Å². The van der Waals surface area contributed by atoms with E-state index in [0.29, 0.717) is 26.3 Å². The molecule has 0 aliphatic rings. The lowest BCUT2D eigenvalue weighted by atomic mass is 10.2. The molecule has 0 atom stereocenters. The fourth-order valence-electron chi connectivity index (χ4n) is 2.64. The molecule has 0 radical (unpaired) electrons. The number of hydrogen-bond donors (Lipinski definition) is 1. The van der Waals surface area contributed by atoms with Gasteiger partial charge in [0.25, 0.3) is 5.91 Å². The molecule has 1 N–H and O–H groups in total. The van der Waals surface area contributed by atoms with Crippen molar-refractivity contribution in [2.45, 2.75) is 17.8 Å². The Hall–Kier alpha value is -2.55. The summed E-state index contributed by atoms with van der Waals surface area (Å²) >= 11 is 8.73. The molecule has 0 spiro atoms. The van der Waals surface area contributed by atoms with Crippen LogP contribution in [-0.4, -0.2) is 20.9 Å². The third kappa shape index (κ3) is 4.72. The van der Waals surface area contributed by atoms with E-state index in [0.717, 1.165) is 5.56 Å². The van der Waals surface area contributed by atoms with Gasteiger partial charge in [0.05, 0.1) is 21.4 Å². The number of amides is 1. The maximum absolute atomic E-state index is 13.3. The number of hydrogen-bond acceptors (Lipinski definition) is 6. The number of carbonyl (C=O) groups is 1. The second-order valence-corrected chi connectivity index (χ2v) is 8.59. The summed E-state index contributed by atoms with van der Waals surface area (Å²) in [5.41, 5.74) is 2.99. The maximum Gasteiger partial charge on any atom is 0.277 e. The van der Waals surface area contributed by atoms with Gasteiger partial charge in [-0.2, -0.15) is 0 Å². The molecule has 4 aromatic rings. The quantitative estimate of drug-likeness (QED) is 0.314. The van der Waals surface area contributed by atoms with Crippen LogP contribution in [0.25, 0.3) is 10.2 Å². The lowest BCUT2D eigenvalue weighted by Crippen LogP contribution is -2.15. The van der Waals surface area contributed by atoms with Crippen molar-refractivity contribution in [3.05, 3.63) is 76.3 Å². The highest BCUT2D eigenvalue weighted by atomic mass is 35.5. The summed E-state index contributed by atoms with van der Waals surface area (Å²) in [6, 6.07) is 12.4. The first-order chi connectivity index (χ1) is 14.0. The summed E-state index contributed by atoms with van der Waals surface area (Å²) in [7, 11) is 0. The molecule has 0 fully saturated rings. The number of carbonyl (C=O) groups excluding carboxylic acids is 1. The number of rotatable bonds is 5. The predicted octanol–water partition coefficient (Wildman–Crippen LogP) is 5.73. The molecule has 0 unspecified atom stereocenters. The Kier molecular flexibility index (Phi) is 5.75. The summed E-state index contributed by atoms with van der Waals surface area (Å²) in [6.07, 6.45) is 1.41. The Balaban J connectivity index is 1.50. The van der Waals surface area contributed by atoms with Crippen molar-refractivity contribution in [1.82, 2.24) is 15.0 Å². The van der Waals surface area contributed by atoms with Gasteiger partial charge in [0.15, 0.2) is 16.0 Å². The zero-order valence-electron chi connectivity index (χ0n) is 15.1. The minimum absolute atomic E-state index is 0.0684. The van der Waals surface area contributed by atoms with Crippen LogP contribution in [0, 0.1) is 12.7 Å². The van der Waals surface area contributed by atoms with E-state index in [4.69, 9.17) is 11.6 Å². The van der Waals surface area contributed by atoms with Gasteiger partial charge in [0.2, 0.25) is 0 Å². The van der Waals surface area contributed by atoms with E-state index in [1.807, 2.05) is 25.1 Å². The number of aryl methyl sites for hydroxylation is 1. The highest BCUT2D eigenvalue weighted by molar-refractivity contribution is 7.98. The number of nitrogens with one attached hydrogen (secondary N) is 1. The van der Waals surface area contributed by atoms with E-state index in [-0.39, 0.29) is 16.5 Å². The van der Waals surface area contributed by atoms with Crippen LogP contribution in [0.2, 0.25) is 5.02 Å². The minimum Gasteiger partial charge on any atom is -0.296 e. The van der Waals surface area contributed by atoms with Gasteiger partial charge in [0, 0.05) is 5.75 Å². The molecule has 4 rings (SSSR count). The van der Waals surface area contributed by atoms with Crippen LogP contribution in [0.5, 0.6) is 0 Å². The van der Waals surface area contributed by atoms with Crippen LogP contribution in [0.4, 0.5) is 9.52 Å². The average Bonchev–Trinajstić information content (AvgIpc) is 3.08. The van der Waals surface area contributed by atoms with Gasteiger partial charge in [0.1, 0.15) is 5.82 Å². The van der Waals surface area contributed by atoms with E-state index in [1.54, 1.807) is 6.07 Å². The fourth-order valence-corrected chi connectivity index (χ4v) is 4.46. The number of thioether (sulfide) groups is 1. The molecule has 2 heterocycles. The number of aromatic nitrogens is 3. The van der Waals surface area contributed by atoms with Crippen LogP contribution in [-0.2, 0) is 5.75 Å². The van der Waals surface area contributed by atoms with Crippen molar-refractivity contribution in [3.63, 3.8) is 0 Å². The van der Waals surface area contributed by atoms with Crippen molar-refractivity contribution >= 4 is 56.0 Å². The lowest BCUT2D eigenvalue weighted by molar-refractivity contribution is 0.102. The van der Waals surface area contributed by atoms with Crippen molar-refractivity contribution in [2.24, 2.45) is 0 Å². The number of nitrogens with zero attached hydrogens (tertiary/aromatic N) is 3.